The minimum atomic E-state index is -0.560. The number of rotatable bonds is 5. The summed E-state index contributed by atoms with van der Waals surface area (Å²) in [5.74, 6) is 5.69. The van der Waals surface area contributed by atoms with Gasteiger partial charge in [0.2, 0.25) is 0 Å². The van der Waals surface area contributed by atoms with Gasteiger partial charge in [0.1, 0.15) is 0 Å². The summed E-state index contributed by atoms with van der Waals surface area (Å²) in [6.45, 7) is 7.72. The first-order valence-corrected chi connectivity index (χ1v) is 7.44. The van der Waals surface area contributed by atoms with E-state index in [9.17, 15) is 9.90 Å². The van der Waals surface area contributed by atoms with Gasteiger partial charge in [-0.3, -0.25) is 0 Å². The van der Waals surface area contributed by atoms with Gasteiger partial charge in [0.15, 0.2) is 0 Å². The molecule has 0 aromatic rings. The molecular formula is C12H17NO2Se. The van der Waals surface area contributed by atoms with E-state index in [0.717, 1.165) is 5.32 Å². The molecule has 0 aliphatic carbocycles. The van der Waals surface area contributed by atoms with E-state index in [1.165, 1.54) is 0 Å². The summed E-state index contributed by atoms with van der Waals surface area (Å²) in [6, 6.07) is 0. The molecule has 0 spiro atoms. The molecule has 3 atom stereocenters. The second kappa shape index (κ2) is 6.10. The van der Waals surface area contributed by atoms with Crippen LogP contribution in [0.2, 0.25) is 5.32 Å². The van der Waals surface area contributed by atoms with Crippen molar-refractivity contribution in [2.75, 3.05) is 6.54 Å². The number of aliphatic hydroxyl groups excluding tert-OH is 1. The maximum absolute atomic E-state index is 11.7. The van der Waals surface area contributed by atoms with Crippen molar-refractivity contribution in [2.45, 2.75) is 30.2 Å². The van der Waals surface area contributed by atoms with Crippen LogP contribution in [-0.2, 0) is 4.79 Å². The molecule has 3 nitrogen and oxygen atoms in total. The monoisotopic (exact) mass is 287 g/mol. The first kappa shape index (κ1) is 13.3. The summed E-state index contributed by atoms with van der Waals surface area (Å²) in [5, 5.41) is 10.4. The molecular weight excluding hydrogens is 269 g/mol. The van der Waals surface area contributed by atoms with Crippen molar-refractivity contribution in [3.63, 3.8) is 0 Å². The molecule has 0 radical (unpaired) electrons. The molecule has 0 saturated carbocycles. The Balaban J connectivity index is 2.61. The Hall–Kier alpha value is -0.751. The van der Waals surface area contributed by atoms with Crippen molar-refractivity contribution >= 4 is 20.9 Å². The molecule has 88 valence electrons. The zero-order valence-corrected chi connectivity index (χ0v) is 11.4. The Bertz CT molecular complexity index is 330. The summed E-state index contributed by atoms with van der Waals surface area (Å²) < 4.78 is 0. The Kier molecular flexibility index (Phi) is 5.08. The fourth-order valence-electron chi connectivity index (χ4n) is 1.72. The number of carbonyl (C=O) groups excluding carboxylic acids is 1. The molecule has 1 aliphatic heterocycles. The first-order chi connectivity index (χ1) is 7.63. The van der Waals surface area contributed by atoms with Crippen LogP contribution in [0.25, 0.3) is 0 Å². The second-order valence-corrected chi connectivity index (χ2v) is 5.99. The molecule has 1 N–H and O–H groups in total. The summed E-state index contributed by atoms with van der Waals surface area (Å²) in [7, 11) is 0. The average molecular weight is 286 g/mol. The molecule has 4 heteroatoms. The molecule has 0 aromatic heterocycles. The molecule has 1 fully saturated rings. The molecule has 1 amide bonds. The Morgan fingerprint density at radius 3 is 2.94 bits per heavy atom. The van der Waals surface area contributed by atoms with Crippen molar-refractivity contribution in [1.82, 2.24) is 4.90 Å². The number of aliphatic hydroxyl groups is 1. The van der Waals surface area contributed by atoms with Crippen molar-refractivity contribution in [2.24, 2.45) is 5.92 Å². The van der Waals surface area contributed by atoms with Gasteiger partial charge in [0.05, 0.1) is 0 Å². The van der Waals surface area contributed by atoms with Crippen LogP contribution in [0.3, 0.4) is 0 Å². The molecule has 1 saturated heterocycles. The SMILES string of the molecule is C=CCN1C(=O)[C@H]([C@@H](C)O)[C@H]1[Se]CC#CC. The van der Waals surface area contributed by atoms with Gasteiger partial charge >= 0.3 is 103 Å². The van der Waals surface area contributed by atoms with E-state index in [1.54, 1.807) is 17.9 Å². The standard InChI is InChI=1S/C12H17NO2Se/c1-4-6-8-16-12-10(9(3)14)11(15)13(12)7-5-2/h5,9-10,12,14H,2,7-8H2,1,3H3/t9-,10+,12-/m1/s1. The van der Waals surface area contributed by atoms with Crippen LogP contribution in [0.1, 0.15) is 13.8 Å². The Morgan fingerprint density at radius 1 is 1.75 bits per heavy atom. The molecule has 1 aliphatic rings. The van der Waals surface area contributed by atoms with Gasteiger partial charge in [-0.2, -0.15) is 0 Å². The predicted molar refractivity (Wildman–Crippen MR) is 64.9 cm³/mol. The second-order valence-electron chi connectivity index (χ2n) is 3.67. The summed E-state index contributed by atoms with van der Waals surface area (Å²) >= 11 is 0.252. The Morgan fingerprint density at radius 2 is 2.44 bits per heavy atom. The quantitative estimate of drug-likeness (QED) is 0.346. The number of hydrogen-bond donors (Lipinski definition) is 1. The van der Waals surface area contributed by atoms with Crippen LogP contribution in [0.5, 0.6) is 0 Å². The van der Waals surface area contributed by atoms with Crippen LogP contribution in [0.4, 0.5) is 0 Å². The minimum absolute atomic E-state index is 0.0474. The van der Waals surface area contributed by atoms with E-state index < -0.39 is 6.10 Å². The van der Waals surface area contributed by atoms with Crippen molar-refractivity contribution in [3.05, 3.63) is 12.7 Å². The van der Waals surface area contributed by atoms with Crippen molar-refractivity contribution in [3.8, 4) is 11.8 Å². The van der Waals surface area contributed by atoms with E-state index in [4.69, 9.17) is 0 Å². The summed E-state index contributed by atoms with van der Waals surface area (Å²) in [4.78, 5) is 13.7. The van der Waals surface area contributed by atoms with Gasteiger partial charge in [-0.05, 0) is 0 Å². The number of hydrogen-bond acceptors (Lipinski definition) is 2. The third-order valence-electron chi connectivity index (χ3n) is 2.53. The van der Waals surface area contributed by atoms with Gasteiger partial charge in [-0.15, -0.1) is 0 Å². The van der Waals surface area contributed by atoms with Crippen molar-refractivity contribution < 1.29 is 9.90 Å². The zero-order chi connectivity index (χ0) is 12.1. The number of β-lactam (4-membered cyclic amide) rings is 1. The van der Waals surface area contributed by atoms with Gasteiger partial charge in [-0.1, -0.05) is 0 Å². The molecule has 1 heterocycles. The third kappa shape index (κ3) is 2.68. The molecule has 1 rings (SSSR count). The van der Waals surface area contributed by atoms with Gasteiger partial charge in [0.25, 0.3) is 0 Å². The number of nitrogens with zero attached hydrogens (tertiary/aromatic N) is 1. The Labute approximate surface area is 103 Å². The number of likely N-dealkylation sites (tertiary alicyclic amines) is 1. The van der Waals surface area contributed by atoms with E-state index in [0.29, 0.717) is 6.54 Å². The fourth-order valence-corrected chi connectivity index (χ4v) is 4.49. The maximum atomic E-state index is 11.7. The van der Waals surface area contributed by atoms with Crippen LogP contribution < -0.4 is 0 Å². The van der Waals surface area contributed by atoms with E-state index in [2.05, 4.69) is 18.4 Å². The number of carbonyl (C=O) groups is 1. The topological polar surface area (TPSA) is 40.5 Å². The van der Waals surface area contributed by atoms with Gasteiger partial charge < -0.3 is 0 Å². The van der Waals surface area contributed by atoms with E-state index in [1.807, 2.05) is 6.92 Å². The normalized spacial score (nSPS) is 25.4. The zero-order valence-electron chi connectivity index (χ0n) is 9.64. The molecule has 0 aromatic carbocycles. The summed E-state index contributed by atoms with van der Waals surface area (Å²) in [6.07, 6.45) is 1.17. The number of amides is 1. The average Bonchev–Trinajstić information content (AvgIpc) is 2.24. The van der Waals surface area contributed by atoms with Crippen LogP contribution in [0, 0.1) is 17.8 Å². The fraction of sp³-hybridized carbons (Fsp3) is 0.583. The molecule has 0 unspecified atom stereocenters. The molecule has 16 heavy (non-hydrogen) atoms. The molecule has 0 bridgehead atoms. The van der Waals surface area contributed by atoms with Gasteiger partial charge in [0, 0.05) is 0 Å². The van der Waals surface area contributed by atoms with Crippen LogP contribution >= 0.6 is 0 Å². The van der Waals surface area contributed by atoms with Gasteiger partial charge in [-0.25, -0.2) is 0 Å². The summed E-state index contributed by atoms with van der Waals surface area (Å²) in [5.41, 5.74) is 0. The predicted octanol–water partition coefficient (Wildman–Crippen LogP) is 0.483. The van der Waals surface area contributed by atoms with Crippen LogP contribution in [0.15, 0.2) is 12.7 Å². The van der Waals surface area contributed by atoms with Crippen LogP contribution in [-0.4, -0.2) is 48.5 Å². The van der Waals surface area contributed by atoms with E-state index in [-0.39, 0.29) is 31.7 Å². The third-order valence-corrected chi connectivity index (χ3v) is 5.05. The van der Waals surface area contributed by atoms with Crippen molar-refractivity contribution in [1.29, 1.82) is 0 Å². The first-order valence-electron chi connectivity index (χ1n) is 5.24. The van der Waals surface area contributed by atoms with E-state index >= 15 is 0 Å².